The van der Waals surface area contributed by atoms with Crippen LogP contribution in [0.2, 0.25) is 0 Å². The monoisotopic (exact) mass is 1030 g/mol. The maximum absolute atomic E-state index is 13.0. The second kappa shape index (κ2) is 37.0. The number of carbonyl (C=O) groups is 2. The molecule has 6 heteroatoms. The summed E-state index contributed by atoms with van der Waals surface area (Å²) in [7, 11) is 3.93. The lowest BCUT2D eigenvalue weighted by atomic mass is 9.47. The zero-order valence-electron chi connectivity index (χ0n) is 50.4. The van der Waals surface area contributed by atoms with Crippen molar-refractivity contribution in [2.45, 2.75) is 311 Å². The third-order valence-electron chi connectivity index (χ3n) is 19.3. The van der Waals surface area contributed by atoms with Gasteiger partial charge in [0.2, 0.25) is 0 Å². The minimum atomic E-state index is -0.448. The fraction of sp³-hybridized carbons (Fsp3) is 0.882. The molecule has 4 aliphatic rings. The van der Waals surface area contributed by atoms with E-state index in [0.717, 1.165) is 106 Å². The fourth-order valence-electron chi connectivity index (χ4n) is 14.9. The van der Waals surface area contributed by atoms with Gasteiger partial charge < -0.3 is 19.1 Å². The van der Waals surface area contributed by atoms with Crippen LogP contribution in [0.15, 0.2) is 36.0 Å². The molecule has 4 rings (SSSR count). The lowest BCUT2D eigenvalue weighted by Crippen LogP contribution is -2.51. The number of carbonyl (C=O) groups excluding carboxylic acids is 2. The molecule has 0 aliphatic heterocycles. The van der Waals surface area contributed by atoms with Crippen molar-refractivity contribution in [3.8, 4) is 0 Å². The molecule has 0 saturated heterocycles. The molecule has 0 heterocycles. The zero-order chi connectivity index (χ0) is 53.4. The van der Waals surface area contributed by atoms with Crippen LogP contribution in [0, 0.1) is 46.3 Å². The molecule has 0 radical (unpaired) electrons. The molecule has 10 atom stereocenters. The van der Waals surface area contributed by atoms with Crippen LogP contribution in [0.5, 0.6) is 0 Å². The van der Waals surface area contributed by atoms with E-state index < -0.39 is 6.10 Å². The summed E-state index contributed by atoms with van der Waals surface area (Å²) in [4.78, 5) is 27.7. The molecule has 3 fully saturated rings. The zero-order valence-corrected chi connectivity index (χ0v) is 50.4. The predicted molar refractivity (Wildman–Crippen MR) is 315 cm³/mol. The number of likely N-dealkylation sites (N-methyl/N-ethyl adjacent to an activating group) is 1. The first kappa shape index (κ1) is 64.6. The lowest BCUT2D eigenvalue weighted by molar-refractivity contribution is -0.160. The molecule has 0 N–H and O–H groups in total. The van der Waals surface area contributed by atoms with E-state index in [1.54, 1.807) is 5.57 Å². The number of hydrogen-bond donors (Lipinski definition) is 0. The maximum atomic E-state index is 13.0. The summed E-state index contributed by atoms with van der Waals surface area (Å²) >= 11 is 0. The number of unbranched alkanes of at least 4 members (excludes halogenated alkanes) is 20. The maximum Gasteiger partial charge on any atom is 0.306 e. The molecule has 0 spiro atoms. The Morgan fingerprint density at radius 2 is 1.24 bits per heavy atom. The smallest absolute Gasteiger partial charge is 0.306 e. The molecule has 3 saturated carbocycles. The van der Waals surface area contributed by atoms with Gasteiger partial charge in [-0.15, -0.1) is 0 Å². The van der Waals surface area contributed by atoms with Gasteiger partial charge in [-0.05, 0) is 170 Å². The fourth-order valence-corrected chi connectivity index (χ4v) is 14.9. The summed E-state index contributed by atoms with van der Waals surface area (Å²) in [5, 5.41) is 0. The van der Waals surface area contributed by atoms with Gasteiger partial charge in [-0.2, -0.15) is 0 Å². The lowest BCUT2D eigenvalue weighted by Gasteiger charge is -2.58. The Hall–Kier alpha value is -1.92. The van der Waals surface area contributed by atoms with E-state index in [9.17, 15) is 9.59 Å². The van der Waals surface area contributed by atoms with E-state index in [4.69, 9.17) is 14.2 Å². The van der Waals surface area contributed by atoms with Crippen LogP contribution in [0.1, 0.15) is 292 Å². The average Bonchev–Trinajstić information content (AvgIpc) is 3.73. The molecule has 0 aromatic heterocycles. The third-order valence-corrected chi connectivity index (χ3v) is 19.3. The Balaban J connectivity index is 1.16. The molecule has 74 heavy (non-hydrogen) atoms. The SMILES string of the molecule is CCCCCCCC/C=C\CCCCCCCC(=O)OCC(CN(C)C)OC(=O)CCCCCCC(/C=C\CCCCCCCC)O[C@H]1CC[C@@]2(C)C(=CC[C@H]3[C@@H]4CC[C@H]([C@H](C)CCCC(C)C)[C@@]4(C)CC[C@@H]32)C1. The van der Waals surface area contributed by atoms with Crippen LogP contribution in [0.4, 0.5) is 0 Å². The minimum absolute atomic E-state index is 0.124. The highest BCUT2D eigenvalue weighted by atomic mass is 16.6. The van der Waals surface area contributed by atoms with Crippen molar-refractivity contribution in [3.05, 3.63) is 36.0 Å². The highest BCUT2D eigenvalue weighted by Gasteiger charge is 2.59. The number of ether oxygens (including phenoxy) is 3. The number of rotatable bonds is 42. The highest BCUT2D eigenvalue weighted by molar-refractivity contribution is 5.70. The van der Waals surface area contributed by atoms with Crippen molar-refractivity contribution in [2.75, 3.05) is 27.2 Å². The first-order valence-corrected chi connectivity index (χ1v) is 32.5. The van der Waals surface area contributed by atoms with Crippen LogP contribution in [0.25, 0.3) is 0 Å². The quantitative estimate of drug-likeness (QED) is 0.0345. The number of esters is 2. The van der Waals surface area contributed by atoms with Crippen LogP contribution in [0.3, 0.4) is 0 Å². The van der Waals surface area contributed by atoms with Crippen molar-refractivity contribution < 1.29 is 23.8 Å². The number of fused-ring (bicyclic) bond motifs is 5. The molecule has 428 valence electrons. The van der Waals surface area contributed by atoms with Gasteiger partial charge in [0.1, 0.15) is 12.7 Å². The van der Waals surface area contributed by atoms with Gasteiger partial charge in [-0.3, -0.25) is 9.59 Å². The van der Waals surface area contributed by atoms with E-state index >= 15 is 0 Å². The second-order valence-electron chi connectivity index (χ2n) is 26.2. The summed E-state index contributed by atoms with van der Waals surface area (Å²) < 4.78 is 18.7. The first-order valence-electron chi connectivity index (χ1n) is 32.5. The van der Waals surface area contributed by atoms with Gasteiger partial charge >= 0.3 is 11.9 Å². The molecular formula is C68H121NO5. The normalized spacial score (nSPS) is 26.0. The van der Waals surface area contributed by atoms with Crippen molar-refractivity contribution >= 4 is 11.9 Å². The van der Waals surface area contributed by atoms with E-state index in [0.29, 0.717) is 36.3 Å². The molecule has 0 aromatic carbocycles. The Bertz CT molecular complexity index is 1580. The van der Waals surface area contributed by atoms with E-state index in [1.807, 2.05) is 19.0 Å². The van der Waals surface area contributed by atoms with Gasteiger partial charge in [-0.1, -0.05) is 206 Å². The van der Waals surface area contributed by atoms with Crippen LogP contribution < -0.4 is 0 Å². The average molecular weight is 1030 g/mol. The number of hydrogen-bond acceptors (Lipinski definition) is 6. The van der Waals surface area contributed by atoms with Crippen LogP contribution in [-0.2, 0) is 23.8 Å². The number of allylic oxidation sites excluding steroid dienone is 4. The molecule has 6 nitrogen and oxygen atoms in total. The Kier molecular flexibility index (Phi) is 32.3. The van der Waals surface area contributed by atoms with Crippen molar-refractivity contribution in [1.82, 2.24) is 4.90 Å². The summed E-state index contributed by atoms with van der Waals surface area (Å²) in [5.41, 5.74) is 2.61. The van der Waals surface area contributed by atoms with E-state index in [-0.39, 0.29) is 24.6 Å². The molecule has 0 bridgehead atoms. The summed E-state index contributed by atoms with van der Waals surface area (Å²) in [6, 6.07) is 0. The summed E-state index contributed by atoms with van der Waals surface area (Å²) in [5.74, 6) is 4.85. The molecule has 0 aromatic rings. The standard InChI is InChI=1S/C68H121NO5/c1-10-12-14-16-18-20-21-22-23-24-25-26-28-30-35-42-65(70)72-54-60(53-69(8)9)74-66(71)43-36-32-31-34-41-58(40-33-29-27-19-17-15-13-11-2)73-59-48-50-67(6)57(52-59)44-45-61-63-47-46-62(56(5)39-37-38-55(3)4)68(63,7)51-49-64(61)67/h22-23,33,40,44,55-56,58-64H,10-21,24-32,34-39,41-43,45-54H2,1-9H3/b23-22-,40-33-/t56-,58?,59+,60?,61+,62-,63+,64+,67+,68-/m1/s1. The Labute approximate surface area is 459 Å². The highest BCUT2D eigenvalue weighted by Crippen LogP contribution is 2.67. The molecule has 2 unspecified atom stereocenters. The van der Waals surface area contributed by atoms with Gasteiger partial charge in [0.05, 0.1) is 12.2 Å². The first-order chi connectivity index (χ1) is 35.8. The van der Waals surface area contributed by atoms with Crippen molar-refractivity contribution in [1.29, 1.82) is 0 Å². The number of nitrogens with zero attached hydrogens (tertiary/aromatic N) is 1. The van der Waals surface area contributed by atoms with Gasteiger partial charge in [0, 0.05) is 19.4 Å². The van der Waals surface area contributed by atoms with E-state index in [2.05, 4.69) is 78.8 Å². The molecular weight excluding hydrogens is 911 g/mol. The second-order valence-corrected chi connectivity index (χ2v) is 26.2. The van der Waals surface area contributed by atoms with Crippen molar-refractivity contribution in [3.63, 3.8) is 0 Å². The van der Waals surface area contributed by atoms with Gasteiger partial charge in [0.25, 0.3) is 0 Å². The summed E-state index contributed by atoms with van der Waals surface area (Å²) in [6.07, 6.45) is 58.3. The Morgan fingerprint density at radius 1 is 0.649 bits per heavy atom. The van der Waals surface area contributed by atoms with Crippen LogP contribution in [-0.4, -0.2) is 62.4 Å². The largest absolute Gasteiger partial charge is 0.462 e. The Morgan fingerprint density at radius 3 is 1.88 bits per heavy atom. The van der Waals surface area contributed by atoms with Gasteiger partial charge in [-0.25, -0.2) is 0 Å². The molecule has 4 aliphatic carbocycles. The summed E-state index contributed by atoms with van der Waals surface area (Å²) in [6.45, 7) is 18.0. The third kappa shape index (κ3) is 23.6. The topological polar surface area (TPSA) is 65.1 Å². The van der Waals surface area contributed by atoms with Crippen LogP contribution >= 0.6 is 0 Å². The minimum Gasteiger partial charge on any atom is -0.462 e. The van der Waals surface area contributed by atoms with Crippen molar-refractivity contribution in [2.24, 2.45) is 46.3 Å². The van der Waals surface area contributed by atoms with E-state index in [1.165, 1.54) is 161 Å². The van der Waals surface area contributed by atoms with Gasteiger partial charge in [0.15, 0.2) is 0 Å². The molecule has 0 amide bonds. The predicted octanol–water partition coefficient (Wildman–Crippen LogP) is 19.5.